The summed E-state index contributed by atoms with van der Waals surface area (Å²) in [5.41, 5.74) is -0.570. The predicted molar refractivity (Wildman–Crippen MR) is 66.7 cm³/mol. The van der Waals surface area contributed by atoms with Gasteiger partial charge in [-0.1, -0.05) is 19.9 Å². The molecule has 1 rings (SSSR count). The first-order valence-corrected chi connectivity index (χ1v) is 5.83. The van der Waals surface area contributed by atoms with Gasteiger partial charge in [0.15, 0.2) is 6.61 Å². The Labute approximate surface area is 110 Å². The highest BCUT2D eigenvalue weighted by Gasteiger charge is 2.17. The van der Waals surface area contributed by atoms with E-state index in [1.165, 1.54) is 12.1 Å². The van der Waals surface area contributed by atoms with Crippen molar-refractivity contribution in [1.82, 2.24) is 5.32 Å². The van der Waals surface area contributed by atoms with Crippen molar-refractivity contribution in [2.75, 3.05) is 13.2 Å². The molecule has 0 unspecified atom stereocenters. The Balaban J connectivity index is 2.65. The lowest BCUT2D eigenvalue weighted by Gasteiger charge is -2.11. The number of carboxylic acid groups (broad SMARTS) is 1. The fourth-order valence-corrected chi connectivity index (χ4v) is 1.34. The normalized spacial score (nSPS) is 10.3. The van der Waals surface area contributed by atoms with Crippen LogP contribution in [0.4, 0.5) is 4.39 Å². The molecule has 104 valence electrons. The number of nitrogens with one attached hydrogen (secondary N) is 1. The van der Waals surface area contributed by atoms with Crippen LogP contribution in [0, 0.1) is 11.7 Å². The molecule has 1 aromatic carbocycles. The van der Waals surface area contributed by atoms with E-state index in [2.05, 4.69) is 5.32 Å². The molecule has 6 heteroatoms. The summed E-state index contributed by atoms with van der Waals surface area (Å²) < 4.78 is 18.4. The van der Waals surface area contributed by atoms with E-state index in [1.807, 2.05) is 13.8 Å². The Kier molecular flexibility index (Phi) is 5.29. The molecule has 0 heterocycles. The fraction of sp³-hybridized carbons (Fsp3) is 0.385. The van der Waals surface area contributed by atoms with Gasteiger partial charge in [0.2, 0.25) is 0 Å². The average Bonchev–Trinajstić information content (AvgIpc) is 2.33. The fourth-order valence-electron chi connectivity index (χ4n) is 1.34. The smallest absolute Gasteiger partial charge is 0.342 e. The number of hydrogen-bond donors (Lipinski definition) is 2. The van der Waals surface area contributed by atoms with Crippen LogP contribution in [-0.4, -0.2) is 30.1 Å². The Hall–Kier alpha value is -2.11. The SMILES string of the molecule is CC(C)CNC(=O)COc1cccc(F)c1C(=O)O. The molecule has 19 heavy (non-hydrogen) atoms. The summed E-state index contributed by atoms with van der Waals surface area (Å²) in [5.74, 6) is -2.57. The first kappa shape index (κ1) is 14.9. The molecular formula is C13H16FNO4. The summed E-state index contributed by atoms with van der Waals surface area (Å²) in [5, 5.41) is 11.5. The molecule has 0 saturated heterocycles. The van der Waals surface area contributed by atoms with E-state index >= 15 is 0 Å². The molecule has 1 amide bonds. The van der Waals surface area contributed by atoms with Crippen molar-refractivity contribution in [3.63, 3.8) is 0 Å². The minimum absolute atomic E-state index is 0.160. The summed E-state index contributed by atoms with van der Waals surface area (Å²) in [7, 11) is 0. The van der Waals surface area contributed by atoms with Gasteiger partial charge in [-0.3, -0.25) is 4.79 Å². The summed E-state index contributed by atoms with van der Waals surface area (Å²) in [4.78, 5) is 22.3. The molecule has 2 N–H and O–H groups in total. The number of carbonyl (C=O) groups excluding carboxylic acids is 1. The Morgan fingerprint density at radius 1 is 1.42 bits per heavy atom. The molecule has 0 fully saturated rings. The van der Waals surface area contributed by atoms with E-state index in [1.54, 1.807) is 0 Å². The highest BCUT2D eigenvalue weighted by Crippen LogP contribution is 2.21. The van der Waals surface area contributed by atoms with E-state index in [4.69, 9.17) is 9.84 Å². The largest absolute Gasteiger partial charge is 0.483 e. The second kappa shape index (κ2) is 6.72. The maximum atomic E-state index is 13.3. The van der Waals surface area contributed by atoms with Crippen molar-refractivity contribution in [2.24, 2.45) is 5.92 Å². The second-order valence-electron chi connectivity index (χ2n) is 4.40. The van der Waals surface area contributed by atoms with Crippen molar-refractivity contribution in [3.8, 4) is 5.75 Å². The summed E-state index contributed by atoms with van der Waals surface area (Å²) in [6.45, 7) is 4.03. The van der Waals surface area contributed by atoms with Gasteiger partial charge in [0, 0.05) is 6.54 Å². The summed E-state index contributed by atoms with van der Waals surface area (Å²) in [6.07, 6.45) is 0. The van der Waals surface area contributed by atoms with Crippen LogP contribution in [0.5, 0.6) is 5.75 Å². The summed E-state index contributed by atoms with van der Waals surface area (Å²) >= 11 is 0. The van der Waals surface area contributed by atoms with Crippen molar-refractivity contribution < 1.29 is 23.8 Å². The molecule has 1 aromatic rings. The molecule has 0 aliphatic heterocycles. The number of carboxylic acids is 1. The van der Waals surface area contributed by atoms with Gasteiger partial charge in [-0.05, 0) is 18.1 Å². The van der Waals surface area contributed by atoms with Crippen LogP contribution in [0.1, 0.15) is 24.2 Å². The monoisotopic (exact) mass is 269 g/mol. The third-order valence-electron chi connectivity index (χ3n) is 2.26. The summed E-state index contributed by atoms with van der Waals surface area (Å²) in [6, 6.07) is 3.65. The molecule has 5 nitrogen and oxygen atoms in total. The maximum absolute atomic E-state index is 13.3. The van der Waals surface area contributed by atoms with Crippen LogP contribution in [0.25, 0.3) is 0 Å². The molecule has 0 bridgehead atoms. The molecule has 0 spiro atoms. The maximum Gasteiger partial charge on any atom is 0.342 e. The second-order valence-corrected chi connectivity index (χ2v) is 4.40. The van der Waals surface area contributed by atoms with E-state index in [-0.39, 0.29) is 18.3 Å². The number of ether oxygens (including phenoxy) is 1. The van der Waals surface area contributed by atoms with E-state index in [0.29, 0.717) is 12.5 Å². The van der Waals surface area contributed by atoms with Crippen molar-refractivity contribution in [2.45, 2.75) is 13.8 Å². The van der Waals surface area contributed by atoms with Crippen LogP contribution in [-0.2, 0) is 4.79 Å². The third-order valence-corrected chi connectivity index (χ3v) is 2.26. The molecule has 0 atom stereocenters. The van der Waals surface area contributed by atoms with Crippen molar-refractivity contribution in [3.05, 3.63) is 29.6 Å². The lowest BCUT2D eigenvalue weighted by molar-refractivity contribution is -0.123. The van der Waals surface area contributed by atoms with Crippen molar-refractivity contribution >= 4 is 11.9 Å². The number of amides is 1. The van der Waals surface area contributed by atoms with Gasteiger partial charge in [-0.15, -0.1) is 0 Å². The topological polar surface area (TPSA) is 75.6 Å². The van der Waals surface area contributed by atoms with Crippen molar-refractivity contribution in [1.29, 1.82) is 0 Å². The van der Waals surface area contributed by atoms with Crippen LogP contribution in [0.3, 0.4) is 0 Å². The zero-order valence-corrected chi connectivity index (χ0v) is 10.8. The van der Waals surface area contributed by atoms with Crippen LogP contribution in [0.2, 0.25) is 0 Å². The van der Waals surface area contributed by atoms with E-state index in [0.717, 1.165) is 6.07 Å². The van der Waals surface area contributed by atoms with E-state index in [9.17, 15) is 14.0 Å². The Morgan fingerprint density at radius 3 is 2.68 bits per heavy atom. The third kappa shape index (κ3) is 4.57. The van der Waals surface area contributed by atoms with Gasteiger partial charge < -0.3 is 15.2 Å². The molecule has 0 aliphatic rings. The van der Waals surface area contributed by atoms with Gasteiger partial charge in [0.1, 0.15) is 17.1 Å². The molecule has 0 aliphatic carbocycles. The highest BCUT2D eigenvalue weighted by atomic mass is 19.1. The first-order chi connectivity index (χ1) is 8.91. The average molecular weight is 269 g/mol. The molecule has 0 radical (unpaired) electrons. The highest BCUT2D eigenvalue weighted by molar-refractivity contribution is 5.91. The van der Waals surface area contributed by atoms with Crippen LogP contribution >= 0.6 is 0 Å². The minimum Gasteiger partial charge on any atom is -0.483 e. The minimum atomic E-state index is -1.43. The Bertz CT molecular complexity index is 474. The zero-order chi connectivity index (χ0) is 14.4. The number of carbonyl (C=O) groups is 2. The molecular weight excluding hydrogens is 253 g/mol. The van der Waals surface area contributed by atoms with Crippen LogP contribution in [0.15, 0.2) is 18.2 Å². The Morgan fingerprint density at radius 2 is 2.11 bits per heavy atom. The van der Waals surface area contributed by atoms with Gasteiger partial charge in [-0.25, -0.2) is 9.18 Å². The quantitative estimate of drug-likeness (QED) is 0.823. The predicted octanol–water partition coefficient (Wildman–Crippen LogP) is 1.67. The number of rotatable bonds is 6. The number of benzene rings is 1. The number of halogens is 1. The van der Waals surface area contributed by atoms with Gasteiger partial charge in [0.25, 0.3) is 5.91 Å². The van der Waals surface area contributed by atoms with Gasteiger partial charge in [-0.2, -0.15) is 0 Å². The molecule has 0 saturated carbocycles. The number of hydrogen-bond acceptors (Lipinski definition) is 3. The zero-order valence-electron chi connectivity index (χ0n) is 10.8. The van der Waals surface area contributed by atoms with Crippen LogP contribution < -0.4 is 10.1 Å². The first-order valence-electron chi connectivity index (χ1n) is 5.83. The molecule has 0 aromatic heterocycles. The van der Waals surface area contributed by atoms with Gasteiger partial charge in [0.05, 0.1) is 0 Å². The number of aromatic carboxylic acids is 1. The standard InChI is InChI=1S/C13H16FNO4/c1-8(2)6-15-11(16)7-19-10-5-3-4-9(14)12(10)13(17)18/h3-5,8H,6-7H2,1-2H3,(H,15,16)(H,17,18). The van der Waals surface area contributed by atoms with Gasteiger partial charge >= 0.3 is 5.97 Å². The van der Waals surface area contributed by atoms with E-state index < -0.39 is 17.3 Å². The lowest BCUT2D eigenvalue weighted by atomic mass is 10.2. The lowest BCUT2D eigenvalue weighted by Crippen LogP contribution is -2.32.